The van der Waals surface area contributed by atoms with Crippen molar-refractivity contribution in [1.82, 2.24) is 10.6 Å². The van der Waals surface area contributed by atoms with E-state index in [4.69, 9.17) is 10.5 Å². The summed E-state index contributed by atoms with van der Waals surface area (Å²) in [6, 6.07) is 3.88. The van der Waals surface area contributed by atoms with Crippen LogP contribution < -0.4 is 10.6 Å². The average molecular weight is 166 g/mol. The highest BCUT2D eigenvalue weighted by Gasteiger charge is 1.98. The van der Waals surface area contributed by atoms with Crippen LogP contribution in [0.4, 0.5) is 0 Å². The zero-order valence-corrected chi connectivity index (χ0v) is 7.46. The van der Waals surface area contributed by atoms with Gasteiger partial charge in [-0.05, 0) is 13.8 Å². The monoisotopic (exact) mass is 166 g/mol. The summed E-state index contributed by atoms with van der Waals surface area (Å²) in [7, 11) is 0. The van der Waals surface area contributed by atoms with Crippen LogP contribution in [0.15, 0.2) is 0 Å². The largest absolute Gasteiger partial charge is 0.301 e. The van der Waals surface area contributed by atoms with Crippen molar-refractivity contribution in [2.75, 3.05) is 13.1 Å². The maximum Gasteiger partial charge on any atom is 0.0924 e. The van der Waals surface area contributed by atoms with Crippen molar-refractivity contribution in [3.8, 4) is 12.1 Å². The van der Waals surface area contributed by atoms with Gasteiger partial charge >= 0.3 is 0 Å². The Hall–Kier alpha value is -1.10. The van der Waals surface area contributed by atoms with Crippen LogP contribution in [0.2, 0.25) is 0 Å². The van der Waals surface area contributed by atoms with Crippen LogP contribution in [-0.2, 0) is 0 Å². The number of rotatable bonds is 5. The lowest BCUT2D eigenvalue weighted by atomic mass is 10.3. The van der Waals surface area contributed by atoms with Crippen LogP contribution in [0.3, 0.4) is 0 Å². The summed E-state index contributed by atoms with van der Waals surface area (Å²) in [6.07, 6.45) is 0. The molecule has 0 fully saturated rings. The third-order valence-electron chi connectivity index (χ3n) is 1.41. The minimum atomic E-state index is -0.121. The zero-order valence-electron chi connectivity index (χ0n) is 7.46. The van der Waals surface area contributed by atoms with E-state index in [1.54, 1.807) is 13.8 Å². The van der Waals surface area contributed by atoms with E-state index in [-0.39, 0.29) is 12.1 Å². The van der Waals surface area contributed by atoms with E-state index >= 15 is 0 Å². The molecule has 0 aromatic carbocycles. The lowest BCUT2D eigenvalue weighted by Gasteiger charge is -2.07. The van der Waals surface area contributed by atoms with E-state index in [1.165, 1.54) is 0 Å². The summed E-state index contributed by atoms with van der Waals surface area (Å²) in [4.78, 5) is 0. The second-order valence-corrected chi connectivity index (χ2v) is 2.61. The lowest BCUT2D eigenvalue weighted by Crippen LogP contribution is -2.35. The first-order chi connectivity index (χ1) is 5.70. The number of hydrogen-bond donors (Lipinski definition) is 2. The Morgan fingerprint density at radius 2 is 1.33 bits per heavy atom. The smallest absolute Gasteiger partial charge is 0.0924 e. The van der Waals surface area contributed by atoms with Gasteiger partial charge in [0, 0.05) is 13.1 Å². The highest BCUT2D eigenvalue weighted by atomic mass is 15.0. The Bertz CT molecular complexity index is 166. The summed E-state index contributed by atoms with van der Waals surface area (Å²) >= 11 is 0. The second-order valence-electron chi connectivity index (χ2n) is 2.61. The number of nitrogens with one attached hydrogen (secondary N) is 2. The van der Waals surface area contributed by atoms with Crippen LogP contribution >= 0.6 is 0 Å². The summed E-state index contributed by atoms with van der Waals surface area (Å²) < 4.78 is 0. The van der Waals surface area contributed by atoms with Gasteiger partial charge in [-0.2, -0.15) is 10.5 Å². The van der Waals surface area contributed by atoms with Gasteiger partial charge in [0.25, 0.3) is 0 Å². The molecule has 0 aliphatic carbocycles. The highest BCUT2D eigenvalue weighted by molar-refractivity contribution is 4.87. The van der Waals surface area contributed by atoms with Crippen molar-refractivity contribution in [3.05, 3.63) is 0 Å². The van der Waals surface area contributed by atoms with Gasteiger partial charge in [0.2, 0.25) is 0 Å². The van der Waals surface area contributed by atoms with Gasteiger partial charge in [-0.3, -0.25) is 0 Å². The molecule has 0 aromatic rings. The van der Waals surface area contributed by atoms with Crippen molar-refractivity contribution in [2.45, 2.75) is 25.9 Å². The molecule has 66 valence electrons. The Balaban J connectivity index is 3.24. The number of hydrogen-bond acceptors (Lipinski definition) is 4. The molecule has 0 radical (unpaired) electrons. The third-order valence-corrected chi connectivity index (χ3v) is 1.41. The molecule has 0 rings (SSSR count). The van der Waals surface area contributed by atoms with Crippen molar-refractivity contribution in [3.63, 3.8) is 0 Å². The molecule has 0 amide bonds. The minimum absolute atomic E-state index is 0.121. The molecule has 0 bridgehead atoms. The standard InChI is InChI=1S/C8H14N4/c1-7(5-9)11-3-4-12-8(2)6-10/h7-8,11-12H,3-4H2,1-2H3/t7-,8-/m0/s1. The Morgan fingerprint density at radius 1 is 1.00 bits per heavy atom. The molecule has 0 aliphatic rings. The summed E-state index contributed by atoms with van der Waals surface area (Å²) in [5.41, 5.74) is 0. The predicted octanol–water partition coefficient (Wildman–Crippen LogP) is -0.0102. The molecule has 0 saturated carbocycles. The SMILES string of the molecule is C[C@@H](C#N)NCCN[C@@H](C)C#N. The molecule has 0 aliphatic heterocycles. The van der Waals surface area contributed by atoms with E-state index in [1.807, 2.05) is 0 Å². The normalized spacial score (nSPS) is 14.3. The van der Waals surface area contributed by atoms with Crippen LogP contribution in [0.25, 0.3) is 0 Å². The molecule has 0 unspecified atom stereocenters. The van der Waals surface area contributed by atoms with E-state index in [0.717, 1.165) is 0 Å². The Labute approximate surface area is 73.2 Å². The van der Waals surface area contributed by atoms with Gasteiger partial charge in [-0.1, -0.05) is 0 Å². The summed E-state index contributed by atoms with van der Waals surface area (Å²) in [6.45, 7) is 5.02. The Morgan fingerprint density at radius 3 is 1.58 bits per heavy atom. The maximum atomic E-state index is 8.40. The van der Waals surface area contributed by atoms with Crippen LogP contribution in [0.5, 0.6) is 0 Å². The Kier molecular flexibility index (Phi) is 6.00. The van der Waals surface area contributed by atoms with Crippen molar-refractivity contribution >= 4 is 0 Å². The van der Waals surface area contributed by atoms with Gasteiger partial charge in [-0.15, -0.1) is 0 Å². The lowest BCUT2D eigenvalue weighted by molar-refractivity contribution is 0.570. The molecule has 12 heavy (non-hydrogen) atoms. The number of nitrogens with zero attached hydrogens (tertiary/aromatic N) is 2. The van der Waals surface area contributed by atoms with Crippen molar-refractivity contribution in [1.29, 1.82) is 10.5 Å². The van der Waals surface area contributed by atoms with Gasteiger partial charge in [0.1, 0.15) is 0 Å². The zero-order chi connectivity index (χ0) is 9.40. The molecule has 0 spiro atoms. The predicted molar refractivity (Wildman–Crippen MR) is 46.2 cm³/mol. The molecular formula is C8H14N4. The molecule has 0 saturated heterocycles. The molecular weight excluding hydrogens is 152 g/mol. The molecule has 4 nitrogen and oxygen atoms in total. The fourth-order valence-corrected chi connectivity index (χ4v) is 0.669. The highest BCUT2D eigenvalue weighted by Crippen LogP contribution is 1.76. The topological polar surface area (TPSA) is 71.6 Å². The molecule has 0 aromatic heterocycles. The summed E-state index contributed by atoms with van der Waals surface area (Å²) in [5, 5.41) is 22.8. The summed E-state index contributed by atoms with van der Waals surface area (Å²) in [5.74, 6) is 0. The molecule has 2 N–H and O–H groups in total. The van der Waals surface area contributed by atoms with Gasteiger partial charge in [-0.25, -0.2) is 0 Å². The number of nitriles is 2. The minimum Gasteiger partial charge on any atom is -0.301 e. The van der Waals surface area contributed by atoms with E-state index in [0.29, 0.717) is 13.1 Å². The van der Waals surface area contributed by atoms with Crippen LogP contribution in [0, 0.1) is 22.7 Å². The van der Waals surface area contributed by atoms with Gasteiger partial charge in [0.15, 0.2) is 0 Å². The first kappa shape index (κ1) is 10.9. The van der Waals surface area contributed by atoms with E-state index in [9.17, 15) is 0 Å². The molecule has 0 heterocycles. The second kappa shape index (κ2) is 6.60. The quantitative estimate of drug-likeness (QED) is 0.563. The van der Waals surface area contributed by atoms with Crippen LogP contribution in [-0.4, -0.2) is 25.2 Å². The van der Waals surface area contributed by atoms with E-state index in [2.05, 4.69) is 22.8 Å². The fourth-order valence-electron chi connectivity index (χ4n) is 0.669. The van der Waals surface area contributed by atoms with Gasteiger partial charge < -0.3 is 10.6 Å². The van der Waals surface area contributed by atoms with Crippen LogP contribution in [0.1, 0.15) is 13.8 Å². The first-order valence-corrected chi connectivity index (χ1v) is 3.96. The van der Waals surface area contributed by atoms with E-state index < -0.39 is 0 Å². The third kappa shape index (κ3) is 5.67. The molecule has 4 heteroatoms. The maximum absolute atomic E-state index is 8.40. The average Bonchev–Trinajstić information content (AvgIpc) is 2.11. The van der Waals surface area contributed by atoms with Crippen molar-refractivity contribution < 1.29 is 0 Å². The first-order valence-electron chi connectivity index (χ1n) is 3.96. The fraction of sp³-hybridized carbons (Fsp3) is 0.750. The van der Waals surface area contributed by atoms with Gasteiger partial charge in [0.05, 0.1) is 24.2 Å². The molecule has 2 atom stereocenters. The van der Waals surface area contributed by atoms with Crippen molar-refractivity contribution in [2.24, 2.45) is 0 Å².